The molecule has 1 aromatic rings. The molecule has 1 unspecified atom stereocenters. The standard InChI is InChI=1S/C14H15BrN2O4/c1-8(2)9(6-15)7-16-13(18)10-4-3-5-11(17(20)21)12(10)14(16)19/h3-5,8-9H,6-7H2,1-2H3. The Balaban J connectivity index is 2.39. The molecule has 0 N–H and O–H groups in total. The lowest BCUT2D eigenvalue weighted by Crippen LogP contribution is -2.36. The third kappa shape index (κ3) is 2.70. The van der Waals surface area contributed by atoms with Crippen molar-refractivity contribution in [1.29, 1.82) is 0 Å². The first-order valence-corrected chi connectivity index (χ1v) is 7.70. The highest BCUT2D eigenvalue weighted by molar-refractivity contribution is 9.09. The first-order chi connectivity index (χ1) is 9.88. The van der Waals surface area contributed by atoms with E-state index < -0.39 is 16.7 Å². The normalized spacial score (nSPS) is 15.5. The molecular formula is C14H15BrN2O4. The molecule has 0 bridgehead atoms. The molecule has 2 amide bonds. The molecule has 21 heavy (non-hydrogen) atoms. The minimum absolute atomic E-state index is 0.0930. The maximum Gasteiger partial charge on any atom is 0.282 e. The average molecular weight is 355 g/mol. The first kappa shape index (κ1) is 15.6. The minimum atomic E-state index is -0.627. The third-order valence-corrected chi connectivity index (χ3v) is 4.56. The lowest BCUT2D eigenvalue weighted by Gasteiger charge is -2.23. The van der Waals surface area contributed by atoms with Crippen molar-refractivity contribution >= 4 is 33.4 Å². The molecule has 1 aromatic carbocycles. The molecule has 1 heterocycles. The van der Waals surface area contributed by atoms with Crippen LogP contribution in [0.1, 0.15) is 34.6 Å². The van der Waals surface area contributed by atoms with Crippen LogP contribution in [0.4, 0.5) is 5.69 Å². The van der Waals surface area contributed by atoms with E-state index in [0.717, 1.165) is 4.90 Å². The number of fused-ring (bicyclic) bond motifs is 1. The fraction of sp³-hybridized carbons (Fsp3) is 0.429. The zero-order valence-electron chi connectivity index (χ0n) is 11.7. The highest BCUT2D eigenvalue weighted by atomic mass is 79.9. The third-order valence-electron chi connectivity index (χ3n) is 3.73. The zero-order valence-corrected chi connectivity index (χ0v) is 13.3. The fourth-order valence-electron chi connectivity index (χ4n) is 2.31. The number of rotatable bonds is 5. The van der Waals surface area contributed by atoms with Gasteiger partial charge in [-0.3, -0.25) is 24.6 Å². The van der Waals surface area contributed by atoms with Crippen molar-refractivity contribution in [2.24, 2.45) is 11.8 Å². The van der Waals surface area contributed by atoms with Crippen molar-refractivity contribution in [1.82, 2.24) is 4.90 Å². The van der Waals surface area contributed by atoms with E-state index in [-0.39, 0.29) is 35.2 Å². The molecule has 0 radical (unpaired) electrons. The number of hydrogen-bond donors (Lipinski definition) is 0. The van der Waals surface area contributed by atoms with Gasteiger partial charge in [-0.05, 0) is 17.9 Å². The smallest absolute Gasteiger partial charge is 0.274 e. The number of amides is 2. The number of nitro benzene ring substituents is 1. The topological polar surface area (TPSA) is 80.5 Å². The number of benzene rings is 1. The van der Waals surface area contributed by atoms with Crippen molar-refractivity contribution in [3.05, 3.63) is 39.4 Å². The van der Waals surface area contributed by atoms with E-state index in [2.05, 4.69) is 15.9 Å². The Morgan fingerprint density at radius 3 is 2.48 bits per heavy atom. The molecule has 2 rings (SSSR count). The van der Waals surface area contributed by atoms with E-state index in [4.69, 9.17) is 0 Å². The maximum atomic E-state index is 12.4. The zero-order chi connectivity index (χ0) is 15.7. The summed E-state index contributed by atoms with van der Waals surface area (Å²) in [7, 11) is 0. The number of halogens is 1. The molecule has 1 aliphatic rings. The van der Waals surface area contributed by atoms with Crippen molar-refractivity contribution in [2.75, 3.05) is 11.9 Å². The molecule has 1 atom stereocenters. The Morgan fingerprint density at radius 1 is 1.29 bits per heavy atom. The lowest BCUT2D eigenvalue weighted by molar-refractivity contribution is -0.385. The van der Waals surface area contributed by atoms with Crippen LogP contribution in [0.25, 0.3) is 0 Å². The Bertz CT molecular complexity index is 615. The van der Waals surface area contributed by atoms with Crippen LogP contribution in [0, 0.1) is 22.0 Å². The van der Waals surface area contributed by atoms with Gasteiger partial charge in [0, 0.05) is 17.9 Å². The molecule has 6 nitrogen and oxygen atoms in total. The van der Waals surface area contributed by atoms with Crippen molar-refractivity contribution < 1.29 is 14.5 Å². The largest absolute Gasteiger partial charge is 0.282 e. The van der Waals surface area contributed by atoms with Gasteiger partial charge in [0.1, 0.15) is 5.56 Å². The van der Waals surface area contributed by atoms with Gasteiger partial charge in [0.05, 0.1) is 10.5 Å². The predicted octanol–water partition coefficient (Wildman–Crippen LogP) is 2.86. The Kier molecular flexibility index (Phi) is 4.41. The number of alkyl halides is 1. The number of nitro groups is 1. The fourth-order valence-corrected chi connectivity index (χ4v) is 3.26. The van der Waals surface area contributed by atoms with Gasteiger partial charge in [0.25, 0.3) is 17.5 Å². The molecule has 0 aliphatic carbocycles. The Labute approximate surface area is 130 Å². The summed E-state index contributed by atoms with van der Waals surface area (Å²) in [6, 6.07) is 4.13. The number of imide groups is 1. The van der Waals surface area contributed by atoms with Crippen molar-refractivity contribution in [2.45, 2.75) is 13.8 Å². The molecule has 0 aromatic heterocycles. The van der Waals surface area contributed by atoms with Gasteiger partial charge in [-0.2, -0.15) is 0 Å². The summed E-state index contributed by atoms with van der Waals surface area (Å²) >= 11 is 3.38. The molecule has 112 valence electrons. The summed E-state index contributed by atoms with van der Waals surface area (Å²) in [5.74, 6) is -0.644. The van der Waals surface area contributed by atoms with E-state index >= 15 is 0 Å². The van der Waals surface area contributed by atoms with Crippen LogP contribution in [0.15, 0.2) is 18.2 Å². The second kappa shape index (κ2) is 5.93. The van der Waals surface area contributed by atoms with Gasteiger partial charge in [0.2, 0.25) is 0 Å². The van der Waals surface area contributed by atoms with Crippen LogP contribution < -0.4 is 0 Å². The van der Waals surface area contributed by atoms with Gasteiger partial charge < -0.3 is 0 Å². The minimum Gasteiger partial charge on any atom is -0.274 e. The van der Waals surface area contributed by atoms with Crippen LogP contribution in [-0.4, -0.2) is 33.5 Å². The van der Waals surface area contributed by atoms with Gasteiger partial charge in [-0.15, -0.1) is 0 Å². The molecule has 7 heteroatoms. The van der Waals surface area contributed by atoms with Crippen LogP contribution in [0.5, 0.6) is 0 Å². The van der Waals surface area contributed by atoms with E-state index in [0.29, 0.717) is 5.33 Å². The quantitative estimate of drug-likeness (QED) is 0.352. The van der Waals surface area contributed by atoms with Gasteiger partial charge in [0.15, 0.2) is 0 Å². The summed E-state index contributed by atoms with van der Waals surface area (Å²) in [6.07, 6.45) is 0. The highest BCUT2D eigenvalue weighted by Gasteiger charge is 2.41. The second-order valence-corrected chi connectivity index (χ2v) is 5.98. The number of nitrogens with zero attached hydrogens (tertiary/aromatic N) is 2. The lowest BCUT2D eigenvalue weighted by atomic mass is 9.97. The van der Waals surface area contributed by atoms with Gasteiger partial charge in [-0.25, -0.2) is 0 Å². The maximum absolute atomic E-state index is 12.4. The number of carbonyl (C=O) groups is 2. The molecule has 0 fully saturated rings. The monoisotopic (exact) mass is 354 g/mol. The molecule has 0 spiro atoms. The Hall–Kier alpha value is -1.76. The molecule has 0 saturated carbocycles. The van der Waals surface area contributed by atoms with E-state index in [9.17, 15) is 19.7 Å². The summed E-state index contributed by atoms with van der Waals surface area (Å²) in [5, 5.41) is 11.7. The SMILES string of the molecule is CC(C)C(CBr)CN1C(=O)c2cccc([N+](=O)[O-])c2C1=O. The Morgan fingerprint density at radius 2 is 1.95 bits per heavy atom. The number of carbonyl (C=O) groups excluding carboxylic acids is 2. The summed E-state index contributed by atoms with van der Waals surface area (Å²) in [4.78, 5) is 36.2. The highest BCUT2D eigenvalue weighted by Crippen LogP contribution is 2.31. The number of hydrogen-bond acceptors (Lipinski definition) is 4. The van der Waals surface area contributed by atoms with E-state index in [1.54, 1.807) is 0 Å². The van der Waals surface area contributed by atoms with Crippen LogP contribution in [-0.2, 0) is 0 Å². The van der Waals surface area contributed by atoms with E-state index in [1.165, 1.54) is 18.2 Å². The van der Waals surface area contributed by atoms with Gasteiger partial charge in [-0.1, -0.05) is 35.8 Å². The van der Waals surface area contributed by atoms with Crippen LogP contribution >= 0.6 is 15.9 Å². The molecule has 0 saturated heterocycles. The first-order valence-electron chi connectivity index (χ1n) is 6.58. The summed E-state index contributed by atoms with van der Waals surface area (Å²) in [6.45, 7) is 4.27. The predicted molar refractivity (Wildman–Crippen MR) is 80.6 cm³/mol. The van der Waals surface area contributed by atoms with Gasteiger partial charge >= 0.3 is 0 Å². The summed E-state index contributed by atoms with van der Waals surface area (Å²) < 4.78 is 0. The summed E-state index contributed by atoms with van der Waals surface area (Å²) in [5.41, 5.74) is -0.288. The second-order valence-electron chi connectivity index (χ2n) is 5.34. The van der Waals surface area contributed by atoms with Crippen LogP contribution in [0.2, 0.25) is 0 Å². The van der Waals surface area contributed by atoms with Crippen molar-refractivity contribution in [3.63, 3.8) is 0 Å². The van der Waals surface area contributed by atoms with E-state index in [1.807, 2.05) is 13.8 Å². The van der Waals surface area contributed by atoms with Crippen molar-refractivity contribution in [3.8, 4) is 0 Å². The molecule has 1 aliphatic heterocycles. The molecular weight excluding hydrogens is 340 g/mol. The average Bonchev–Trinajstić information content (AvgIpc) is 2.68. The van der Waals surface area contributed by atoms with Crippen LogP contribution in [0.3, 0.4) is 0 Å².